The van der Waals surface area contributed by atoms with Crippen LogP contribution in [0.25, 0.3) is 0 Å². The fourth-order valence-corrected chi connectivity index (χ4v) is 5.63. The zero-order chi connectivity index (χ0) is 16.9. The van der Waals surface area contributed by atoms with E-state index in [1.165, 1.54) is 10.6 Å². The van der Waals surface area contributed by atoms with Crippen LogP contribution in [-0.2, 0) is 15.4 Å². The minimum absolute atomic E-state index is 0.0845. The van der Waals surface area contributed by atoms with E-state index in [0.29, 0.717) is 12.1 Å². The first-order chi connectivity index (χ1) is 11.4. The Morgan fingerprint density at radius 3 is 2.38 bits per heavy atom. The Labute approximate surface area is 143 Å². The largest absolute Gasteiger partial charge is 0.339 e. The second kappa shape index (κ2) is 5.48. The van der Waals surface area contributed by atoms with E-state index in [4.69, 9.17) is 0 Å². The van der Waals surface area contributed by atoms with Crippen LogP contribution in [0.3, 0.4) is 0 Å². The van der Waals surface area contributed by atoms with E-state index in [2.05, 4.69) is 0 Å². The lowest BCUT2D eigenvalue weighted by Crippen LogP contribution is -2.34. The van der Waals surface area contributed by atoms with Crippen LogP contribution >= 0.6 is 0 Å². The Morgan fingerprint density at radius 2 is 1.75 bits per heavy atom. The molecular formula is C18H24N2O3S. The van der Waals surface area contributed by atoms with E-state index in [1.54, 1.807) is 6.07 Å². The van der Waals surface area contributed by atoms with Gasteiger partial charge < -0.3 is 4.90 Å². The number of carbonyl (C=O) groups excluding carboxylic acids is 1. The number of carbonyl (C=O) groups is 1. The molecule has 1 spiro atoms. The van der Waals surface area contributed by atoms with Crippen molar-refractivity contribution < 1.29 is 13.2 Å². The fourth-order valence-electron chi connectivity index (χ4n) is 4.63. The van der Waals surface area contributed by atoms with E-state index < -0.39 is 10.0 Å². The van der Waals surface area contributed by atoms with Crippen LogP contribution in [-0.4, -0.2) is 45.1 Å². The first-order valence-corrected chi connectivity index (χ1v) is 10.7. The lowest BCUT2D eigenvalue weighted by Gasteiger charge is -2.24. The van der Waals surface area contributed by atoms with Crippen molar-refractivity contribution in [1.29, 1.82) is 0 Å². The minimum atomic E-state index is -3.29. The monoisotopic (exact) mass is 348 g/mol. The number of fused-ring (bicyclic) bond motifs is 2. The predicted octanol–water partition coefficient (Wildman–Crippen LogP) is 2.51. The zero-order valence-electron chi connectivity index (χ0n) is 14.1. The van der Waals surface area contributed by atoms with Gasteiger partial charge in [0, 0.05) is 30.6 Å². The number of likely N-dealkylation sites (tertiary alicyclic amines) is 1. The van der Waals surface area contributed by atoms with Crippen LogP contribution in [0.5, 0.6) is 0 Å². The van der Waals surface area contributed by atoms with Gasteiger partial charge in [0.2, 0.25) is 10.0 Å². The maximum atomic E-state index is 12.7. The van der Waals surface area contributed by atoms with Crippen molar-refractivity contribution in [2.45, 2.75) is 43.9 Å². The van der Waals surface area contributed by atoms with E-state index in [0.717, 1.165) is 62.9 Å². The van der Waals surface area contributed by atoms with Gasteiger partial charge in [0.1, 0.15) is 0 Å². The summed E-state index contributed by atoms with van der Waals surface area (Å²) in [4.78, 5) is 14.6. The summed E-state index contributed by atoms with van der Waals surface area (Å²) in [5.41, 5.74) is 2.45. The molecule has 4 rings (SSSR count). The van der Waals surface area contributed by atoms with Crippen LogP contribution in [0.15, 0.2) is 18.2 Å². The number of amides is 1. The highest BCUT2D eigenvalue weighted by Gasteiger charge is 2.47. The molecule has 0 unspecified atom stereocenters. The summed E-state index contributed by atoms with van der Waals surface area (Å²) in [5.74, 6) is 0.0845. The van der Waals surface area contributed by atoms with Gasteiger partial charge in [-0.25, -0.2) is 8.42 Å². The normalized spacial score (nSPS) is 22.4. The van der Waals surface area contributed by atoms with Crippen molar-refractivity contribution in [1.82, 2.24) is 4.90 Å². The first-order valence-electron chi connectivity index (χ1n) is 8.82. The van der Waals surface area contributed by atoms with Gasteiger partial charge in [-0.1, -0.05) is 12.8 Å². The molecular weight excluding hydrogens is 324 g/mol. The molecule has 0 atom stereocenters. The molecule has 2 fully saturated rings. The Balaban J connectivity index is 1.77. The van der Waals surface area contributed by atoms with Gasteiger partial charge in [-0.05, 0) is 49.4 Å². The summed E-state index contributed by atoms with van der Waals surface area (Å²) in [6.07, 6.45) is 7.68. The standard InChI is InChI=1S/C18H24N2O3S/c1-24(22,23)20-13-18(8-2-3-9-18)15-12-14(6-7-16(15)20)17(21)19-10-4-5-11-19/h6-7,12H,2-5,8-11,13H2,1H3. The van der Waals surface area contributed by atoms with Crippen molar-refractivity contribution in [2.24, 2.45) is 0 Å². The van der Waals surface area contributed by atoms with Crippen LogP contribution in [0, 0.1) is 0 Å². The molecule has 0 N–H and O–H groups in total. The van der Waals surface area contributed by atoms with Gasteiger partial charge in [0.15, 0.2) is 0 Å². The topological polar surface area (TPSA) is 57.7 Å². The minimum Gasteiger partial charge on any atom is -0.339 e. The Hall–Kier alpha value is -1.56. The van der Waals surface area contributed by atoms with Gasteiger partial charge in [-0.15, -0.1) is 0 Å². The summed E-state index contributed by atoms with van der Waals surface area (Å²) in [6.45, 7) is 2.19. The number of anilines is 1. The zero-order valence-corrected chi connectivity index (χ0v) is 14.9. The average Bonchev–Trinajstić information content (AvgIpc) is 3.27. The van der Waals surface area contributed by atoms with Gasteiger partial charge in [-0.3, -0.25) is 9.10 Å². The maximum absolute atomic E-state index is 12.7. The summed E-state index contributed by atoms with van der Waals surface area (Å²) < 4.78 is 26.0. The highest BCUT2D eigenvalue weighted by Crippen LogP contribution is 2.51. The second-order valence-electron chi connectivity index (χ2n) is 7.49. The summed E-state index contributed by atoms with van der Waals surface area (Å²) in [6, 6.07) is 5.62. The lowest BCUT2D eigenvalue weighted by atomic mass is 9.80. The number of sulfonamides is 1. The molecule has 0 aromatic heterocycles. The number of nitrogens with zero attached hydrogens (tertiary/aromatic N) is 2. The third-order valence-electron chi connectivity index (χ3n) is 5.88. The van der Waals surface area contributed by atoms with Crippen molar-refractivity contribution >= 4 is 21.6 Å². The third-order valence-corrected chi connectivity index (χ3v) is 7.01. The van der Waals surface area contributed by atoms with E-state index in [9.17, 15) is 13.2 Å². The molecule has 2 heterocycles. The number of benzene rings is 1. The number of hydrogen-bond donors (Lipinski definition) is 0. The first kappa shape index (κ1) is 15.9. The fraction of sp³-hybridized carbons (Fsp3) is 0.611. The molecule has 1 amide bonds. The molecule has 1 aliphatic carbocycles. The molecule has 5 nitrogen and oxygen atoms in total. The molecule has 0 bridgehead atoms. The van der Waals surface area contributed by atoms with Crippen molar-refractivity contribution in [3.8, 4) is 0 Å². The number of hydrogen-bond acceptors (Lipinski definition) is 3. The van der Waals surface area contributed by atoms with Gasteiger partial charge in [0.05, 0.1) is 11.9 Å². The second-order valence-corrected chi connectivity index (χ2v) is 9.40. The Morgan fingerprint density at radius 1 is 1.08 bits per heavy atom. The quantitative estimate of drug-likeness (QED) is 0.825. The van der Waals surface area contributed by atoms with Crippen LogP contribution in [0.1, 0.15) is 54.4 Å². The lowest BCUT2D eigenvalue weighted by molar-refractivity contribution is 0.0792. The summed E-state index contributed by atoms with van der Waals surface area (Å²) >= 11 is 0. The Bertz CT molecular complexity index is 775. The summed E-state index contributed by atoms with van der Waals surface area (Å²) in [5, 5.41) is 0. The smallest absolute Gasteiger partial charge is 0.253 e. The summed E-state index contributed by atoms with van der Waals surface area (Å²) in [7, 11) is -3.29. The van der Waals surface area contributed by atoms with E-state index in [1.807, 2.05) is 17.0 Å². The highest BCUT2D eigenvalue weighted by molar-refractivity contribution is 7.92. The molecule has 1 saturated heterocycles. The highest BCUT2D eigenvalue weighted by atomic mass is 32.2. The molecule has 6 heteroatoms. The van der Waals surface area contributed by atoms with Crippen molar-refractivity contribution in [3.63, 3.8) is 0 Å². The third kappa shape index (κ3) is 2.42. The molecule has 1 saturated carbocycles. The molecule has 24 heavy (non-hydrogen) atoms. The average molecular weight is 348 g/mol. The van der Waals surface area contributed by atoms with Crippen LogP contribution < -0.4 is 4.31 Å². The molecule has 2 aliphatic heterocycles. The molecule has 3 aliphatic rings. The van der Waals surface area contributed by atoms with Gasteiger partial charge in [-0.2, -0.15) is 0 Å². The van der Waals surface area contributed by atoms with E-state index >= 15 is 0 Å². The van der Waals surface area contributed by atoms with Gasteiger partial charge in [0.25, 0.3) is 5.91 Å². The predicted molar refractivity (Wildman–Crippen MR) is 93.9 cm³/mol. The van der Waals surface area contributed by atoms with Crippen LogP contribution in [0.2, 0.25) is 0 Å². The Kier molecular flexibility index (Phi) is 3.64. The van der Waals surface area contributed by atoms with Crippen molar-refractivity contribution in [2.75, 3.05) is 30.2 Å². The molecule has 0 radical (unpaired) electrons. The van der Waals surface area contributed by atoms with E-state index in [-0.39, 0.29) is 11.3 Å². The van der Waals surface area contributed by atoms with Gasteiger partial charge >= 0.3 is 0 Å². The molecule has 1 aromatic rings. The maximum Gasteiger partial charge on any atom is 0.253 e. The molecule has 130 valence electrons. The number of rotatable bonds is 2. The van der Waals surface area contributed by atoms with Crippen molar-refractivity contribution in [3.05, 3.63) is 29.3 Å². The SMILES string of the molecule is CS(=O)(=O)N1CC2(CCCC2)c2cc(C(=O)N3CCCC3)ccc21. The molecule has 1 aromatic carbocycles. The van der Waals surface area contributed by atoms with Crippen LogP contribution in [0.4, 0.5) is 5.69 Å².